The Morgan fingerprint density at radius 1 is 0.920 bits per heavy atom. The van der Waals surface area contributed by atoms with Gasteiger partial charge in [-0.05, 0) is 24.3 Å². The summed E-state index contributed by atoms with van der Waals surface area (Å²) in [4.78, 5) is 4.53. The molecule has 0 aromatic heterocycles. The Morgan fingerprint density at radius 3 is 2.24 bits per heavy atom. The molecular formula is C19H22Cl2N2O2. The summed E-state index contributed by atoms with van der Waals surface area (Å²) in [7, 11) is 0. The van der Waals surface area contributed by atoms with Gasteiger partial charge in [0.25, 0.3) is 0 Å². The maximum absolute atomic E-state index is 10.2. The minimum atomic E-state index is -0.553. The van der Waals surface area contributed by atoms with E-state index in [2.05, 4.69) is 9.80 Å². The molecule has 2 aromatic carbocycles. The number of aliphatic hydroxyl groups excluding tert-OH is 1. The van der Waals surface area contributed by atoms with Crippen molar-refractivity contribution in [3.8, 4) is 5.75 Å². The lowest BCUT2D eigenvalue weighted by Crippen LogP contribution is -2.49. The van der Waals surface area contributed by atoms with Gasteiger partial charge in [-0.25, -0.2) is 0 Å². The summed E-state index contributed by atoms with van der Waals surface area (Å²) in [5.74, 6) is 0.603. The lowest BCUT2D eigenvalue weighted by Gasteiger charge is -2.37. The molecule has 1 N–H and O–H groups in total. The first-order valence-corrected chi connectivity index (χ1v) is 9.16. The Kier molecular flexibility index (Phi) is 6.43. The van der Waals surface area contributed by atoms with Crippen LogP contribution in [0.15, 0.2) is 48.5 Å². The summed E-state index contributed by atoms with van der Waals surface area (Å²) in [6, 6.07) is 15.2. The Balaban J connectivity index is 1.44. The number of rotatable bonds is 6. The lowest BCUT2D eigenvalue weighted by atomic mass is 10.2. The van der Waals surface area contributed by atoms with Gasteiger partial charge in [0.1, 0.15) is 18.5 Å². The molecule has 2 aromatic rings. The van der Waals surface area contributed by atoms with Gasteiger partial charge in [0.15, 0.2) is 0 Å². The number of nitrogens with zero attached hydrogens (tertiary/aromatic N) is 2. The zero-order valence-electron chi connectivity index (χ0n) is 13.9. The van der Waals surface area contributed by atoms with Crippen LogP contribution in [0.1, 0.15) is 0 Å². The van der Waals surface area contributed by atoms with Crippen molar-refractivity contribution in [2.75, 3.05) is 44.2 Å². The molecule has 6 heteroatoms. The third-order valence-electron chi connectivity index (χ3n) is 4.30. The molecular weight excluding hydrogens is 359 g/mol. The van der Waals surface area contributed by atoms with E-state index in [0.717, 1.165) is 36.9 Å². The average Bonchev–Trinajstić information content (AvgIpc) is 2.62. The summed E-state index contributed by atoms with van der Waals surface area (Å²) in [6.45, 7) is 4.36. The predicted octanol–water partition coefficient (Wildman–Crippen LogP) is 3.56. The van der Waals surface area contributed by atoms with Crippen LogP contribution in [0.2, 0.25) is 10.0 Å². The van der Waals surface area contributed by atoms with Crippen molar-refractivity contribution in [1.29, 1.82) is 0 Å². The number of β-amino-alcohol motifs (C(OH)–C–C–N with tert-alkyl or cyclic N) is 1. The van der Waals surface area contributed by atoms with Crippen LogP contribution < -0.4 is 9.64 Å². The fourth-order valence-electron chi connectivity index (χ4n) is 2.98. The van der Waals surface area contributed by atoms with Crippen LogP contribution >= 0.6 is 23.2 Å². The molecule has 1 saturated heterocycles. The van der Waals surface area contributed by atoms with Crippen molar-refractivity contribution in [3.63, 3.8) is 0 Å². The first-order chi connectivity index (χ1) is 12.1. The molecule has 1 unspecified atom stereocenters. The zero-order chi connectivity index (χ0) is 17.6. The number of ether oxygens (including phenoxy) is 1. The van der Waals surface area contributed by atoms with Crippen molar-refractivity contribution in [3.05, 3.63) is 58.6 Å². The van der Waals surface area contributed by atoms with Gasteiger partial charge in [-0.2, -0.15) is 0 Å². The lowest BCUT2D eigenvalue weighted by molar-refractivity contribution is 0.0663. The first kappa shape index (κ1) is 18.3. The van der Waals surface area contributed by atoms with Gasteiger partial charge < -0.3 is 14.7 Å². The summed E-state index contributed by atoms with van der Waals surface area (Å²) in [6.07, 6.45) is -0.553. The molecule has 134 valence electrons. The third-order valence-corrected chi connectivity index (χ3v) is 4.93. The van der Waals surface area contributed by atoms with Crippen molar-refractivity contribution in [2.24, 2.45) is 0 Å². The van der Waals surface area contributed by atoms with E-state index < -0.39 is 6.10 Å². The van der Waals surface area contributed by atoms with Gasteiger partial charge in [-0.3, -0.25) is 4.90 Å². The van der Waals surface area contributed by atoms with Crippen LogP contribution in [0.5, 0.6) is 5.75 Å². The maximum Gasteiger partial charge on any atom is 0.138 e. The molecule has 0 aliphatic carbocycles. The fraction of sp³-hybridized carbons (Fsp3) is 0.368. The predicted molar refractivity (Wildman–Crippen MR) is 103 cm³/mol. The number of para-hydroxylation sites is 2. The van der Waals surface area contributed by atoms with E-state index in [1.807, 2.05) is 36.4 Å². The quantitative estimate of drug-likeness (QED) is 0.830. The van der Waals surface area contributed by atoms with E-state index in [4.69, 9.17) is 27.9 Å². The second-order valence-electron chi connectivity index (χ2n) is 6.13. The van der Waals surface area contributed by atoms with Crippen LogP contribution in [-0.2, 0) is 0 Å². The average molecular weight is 381 g/mol. The van der Waals surface area contributed by atoms with Crippen molar-refractivity contribution >= 4 is 28.9 Å². The van der Waals surface area contributed by atoms with Crippen molar-refractivity contribution < 1.29 is 9.84 Å². The third kappa shape index (κ3) is 5.02. The van der Waals surface area contributed by atoms with Gasteiger partial charge in [0, 0.05) is 32.7 Å². The van der Waals surface area contributed by atoms with Crippen molar-refractivity contribution in [2.45, 2.75) is 6.10 Å². The van der Waals surface area contributed by atoms with E-state index >= 15 is 0 Å². The van der Waals surface area contributed by atoms with Gasteiger partial charge in [-0.15, -0.1) is 0 Å². The Hall–Kier alpha value is -1.46. The maximum atomic E-state index is 10.2. The molecule has 3 rings (SSSR count). The molecule has 1 heterocycles. The largest absolute Gasteiger partial charge is 0.489 e. The number of benzene rings is 2. The Labute approximate surface area is 158 Å². The molecule has 0 radical (unpaired) electrons. The van der Waals surface area contributed by atoms with Crippen LogP contribution in [-0.4, -0.2) is 55.4 Å². The van der Waals surface area contributed by atoms with Gasteiger partial charge in [0.2, 0.25) is 0 Å². The second-order valence-corrected chi connectivity index (χ2v) is 6.95. The van der Waals surface area contributed by atoms with E-state index in [1.54, 1.807) is 12.1 Å². The summed E-state index contributed by atoms with van der Waals surface area (Å²) < 4.78 is 5.61. The Bertz CT molecular complexity index is 691. The van der Waals surface area contributed by atoms with Gasteiger partial charge in [0.05, 0.1) is 15.7 Å². The Morgan fingerprint density at radius 2 is 1.56 bits per heavy atom. The van der Waals surface area contributed by atoms with E-state index in [1.165, 1.54) is 0 Å². The summed E-state index contributed by atoms with van der Waals surface area (Å²) >= 11 is 12.3. The highest BCUT2D eigenvalue weighted by atomic mass is 35.5. The smallest absolute Gasteiger partial charge is 0.138 e. The molecule has 0 saturated carbocycles. The standard InChI is InChI=1S/C19H22Cl2N2O2/c20-16-5-1-3-7-18(16)23-11-9-22(10-12-23)13-15(24)14-25-19-8-4-2-6-17(19)21/h1-8,15,24H,9-14H2. The summed E-state index contributed by atoms with van der Waals surface area (Å²) in [5, 5.41) is 11.6. The van der Waals surface area contributed by atoms with E-state index in [0.29, 0.717) is 17.3 Å². The minimum absolute atomic E-state index is 0.231. The fourth-order valence-corrected chi connectivity index (χ4v) is 3.42. The van der Waals surface area contributed by atoms with Gasteiger partial charge >= 0.3 is 0 Å². The zero-order valence-corrected chi connectivity index (χ0v) is 15.5. The minimum Gasteiger partial charge on any atom is -0.489 e. The molecule has 0 bridgehead atoms. The molecule has 1 fully saturated rings. The van der Waals surface area contributed by atoms with Crippen molar-refractivity contribution in [1.82, 2.24) is 4.90 Å². The molecule has 1 atom stereocenters. The van der Waals surface area contributed by atoms with Crippen LogP contribution in [0.4, 0.5) is 5.69 Å². The van der Waals surface area contributed by atoms with Crippen LogP contribution in [0, 0.1) is 0 Å². The second kappa shape index (κ2) is 8.77. The van der Waals surface area contributed by atoms with Crippen LogP contribution in [0.25, 0.3) is 0 Å². The molecule has 4 nitrogen and oxygen atoms in total. The number of piperazine rings is 1. The monoisotopic (exact) mass is 380 g/mol. The topological polar surface area (TPSA) is 35.9 Å². The number of aliphatic hydroxyl groups is 1. The highest BCUT2D eigenvalue weighted by molar-refractivity contribution is 6.33. The first-order valence-electron chi connectivity index (χ1n) is 8.40. The number of hydrogen-bond acceptors (Lipinski definition) is 4. The summed E-state index contributed by atoms with van der Waals surface area (Å²) in [5.41, 5.74) is 1.08. The van der Waals surface area contributed by atoms with Gasteiger partial charge in [-0.1, -0.05) is 47.5 Å². The van der Waals surface area contributed by atoms with E-state index in [-0.39, 0.29) is 6.61 Å². The SMILES string of the molecule is OC(COc1ccccc1Cl)CN1CCN(c2ccccc2Cl)CC1. The highest BCUT2D eigenvalue weighted by Crippen LogP contribution is 2.26. The number of hydrogen-bond donors (Lipinski definition) is 1. The van der Waals surface area contributed by atoms with E-state index in [9.17, 15) is 5.11 Å². The highest BCUT2D eigenvalue weighted by Gasteiger charge is 2.21. The molecule has 0 spiro atoms. The molecule has 25 heavy (non-hydrogen) atoms. The molecule has 1 aliphatic rings. The normalized spacial score (nSPS) is 16.7. The number of halogens is 2. The number of anilines is 1. The molecule has 0 amide bonds. The molecule has 1 aliphatic heterocycles. The van der Waals surface area contributed by atoms with Crippen LogP contribution in [0.3, 0.4) is 0 Å².